The van der Waals surface area contributed by atoms with Crippen molar-refractivity contribution >= 4 is 22.6 Å². The minimum absolute atomic E-state index is 0.0565. The van der Waals surface area contributed by atoms with Crippen LogP contribution in [0.1, 0.15) is 39.3 Å². The lowest BCUT2D eigenvalue weighted by molar-refractivity contribution is -0.118. The molecular weight excluding hydrogens is 389 g/mol. The van der Waals surface area contributed by atoms with Crippen LogP contribution in [0.25, 0.3) is 22.4 Å². The molecule has 31 heavy (non-hydrogen) atoms. The molecule has 1 unspecified atom stereocenters. The van der Waals surface area contributed by atoms with Gasteiger partial charge in [0.15, 0.2) is 0 Å². The van der Waals surface area contributed by atoms with E-state index in [1.54, 1.807) is 12.1 Å². The fourth-order valence-electron chi connectivity index (χ4n) is 3.66. The molecule has 0 aliphatic heterocycles. The fraction of sp³-hybridized carbons (Fsp3) is 0.231. The van der Waals surface area contributed by atoms with Gasteiger partial charge in [-0.15, -0.1) is 0 Å². The molecule has 5 heteroatoms. The topological polar surface area (TPSA) is 46.9 Å². The zero-order chi connectivity index (χ0) is 22.2. The Morgan fingerprint density at radius 2 is 1.61 bits per heavy atom. The zero-order valence-corrected chi connectivity index (χ0v) is 18.2. The van der Waals surface area contributed by atoms with Gasteiger partial charge in [-0.25, -0.2) is 9.37 Å². The summed E-state index contributed by atoms with van der Waals surface area (Å²) in [5.41, 5.74) is 4.52. The van der Waals surface area contributed by atoms with Gasteiger partial charge in [-0.2, -0.15) is 0 Å². The number of nitrogens with zero attached hydrogens (tertiary/aromatic N) is 2. The molecule has 0 spiro atoms. The lowest BCUT2D eigenvalue weighted by Gasteiger charge is -2.20. The monoisotopic (exact) mass is 415 g/mol. The summed E-state index contributed by atoms with van der Waals surface area (Å²) < 4.78 is 15.2. The van der Waals surface area contributed by atoms with Crippen molar-refractivity contribution in [3.05, 3.63) is 84.2 Å². The highest BCUT2D eigenvalue weighted by Crippen LogP contribution is 2.31. The Morgan fingerprint density at radius 1 is 0.968 bits per heavy atom. The number of imidazole rings is 1. The van der Waals surface area contributed by atoms with Crippen molar-refractivity contribution in [1.29, 1.82) is 0 Å². The lowest BCUT2D eigenvalue weighted by atomic mass is 9.86. The standard InChI is InChI=1S/C26H26FN3O/c1-17(25(31)28-21-15-13-20(27)14-16-21)30-23-8-6-5-7-22(23)29-24(30)18-9-11-19(12-10-18)26(2,3)4/h5-17H,1-4H3,(H,28,31). The van der Waals surface area contributed by atoms with E-state index in [0.717, 1.165) is 22.4 Å². The third-order valence-corrected chi connectivity index (χ3v) is 5.48. The van der Waals surface area contributed by atoms with Gasteiger partial charge in [0, 0.05) is 11.3 Å². The molecule has 0 saturated carbocycles. The van der Waals surface area contributed by atoms with Gasteiger partial charge in [0.25, 0.3) is 0 Å². The third-order valence-electron chi connectivity index (χ3n) is 5.48. The van der Waals surface area contributed by atoms with Crippen molar-refractivity contribution in [1.82, 2.24) is 9.55 Å². The van der Waals surface area contributed by atoms with E-state index < -0.39 is 6.04 Å². The van der Waals surface area contributed by atoms with Crippen LogP contribution in [0.4, 0.5) is 10.1 Å². The quantitative estimate of drug-likeness (QED) is 0.423. The van der Waals surface area contributed by atoms with Crippen molar-refractivity contribution in [2.75, 3.05) is 5.32 Å². The van der Waals surface area contributed by atoms with E-state index in [0.29, 0.717) is 5.69 Å². The maximum Gasteiger partial charge on any atom is 0.247 e. The summed E-state index contributed by atoms with van der Waals surface area (Å²) in [6.45, 7) is 8.39. The van der Waals surface area contributed by atoms with Gasteiger partial charge in [0.05, 0.1) is 11.0 Å². The molecule has 0 bridgehead atoms. The second-order valence-corrected chi connectivity index (χ2v) is 8.79. The molecule has 1 heterocycles. The van der Waals surface area contributed by atoms with E-state index in [2.05, 4.69) is 50.4 Å². The smallest absolute Gasteiger partial charge is 0.247 e. The van der Waals surface area contributed by atoms with Crippen molar-refractivity contribution < 1.29 is 9.18 Å². The summed E-state index contributed by atoms with van der Waals surface area (Å²) in [7, 11) is 0. The molecular formula is C26H26FN3O. The molecule has 1 amide bonds. The second kappa shape index (κ2) is 7.99. The number of benzene rings is 3. The molecule has 4 aromatic rings. The highest BCUT2D eigenvalue weighted by Gasteiger charge is 2.23. The van der Waals surface area contributed by atoms with Gasteiger partial charge in [-0.05, 0) is 54.3 Å². The molecule has 1 aromatic heterocycles. The van der Waals surface area contributed by atoms with Gasteiger partial charge in [0.2, 0.25) is 5.91 Å². The number of para-hydroxylation sites is 2. The number of hydrogen-bond acceptors (Lipinski definition) is 2. The minimum atomic E-state index is -0.519. The highest BCUT2D eigenvalue weighted by atomic mass is 19.1. The zero-order valence-electron chi connectivity index (χ0n) is 18.2. The van der Waals surface area contributed by atoms with Crippen LogP contribution in [-0.2, 0) is 10.2 Å². The summed E-state index contributed by atoms with van der Waals surface area (Å²) in [6.07, 6.45) is 0. The van der Waals surface area contributed by atoms with Crippen LogP contribution in [0.3, 0.4) is 0 Å². The minimum Gasteiger partial charge on any atom is -0.324 e. The molecule has 3 aromatic carbocycles. The first-order chi connectivity index (χ1) is 14.7. The molecule has 0 aliphatic carbocycles. The van der Waals surface area contributed by atoms with E-state index in [1.807, 2.05) is 35.8 Å². The summed E-state index contributed by atoms with van der Waals surface area (Å²) >= 11 is 0. The largest absolute Gasteiger partial charge is 0.324 e. The number of nitrogens with one attached hydrogen (secondary N) is 1. The van der Waals surface area contributed by atoms with E-state index in [-0.39, 0.29) is 17.1 Å². The number of fused-ring (bicyclic) bond motifs is 1. The fourth-order valence-corrected chi connectivity index (χ4v) is 3.66. The summed E-state index contributed by atoms with van der Waals surface area (Å²) in [6, 6.07) is 21.4. The first kappa shape index (κ1) is 20.8. The SMILES string of the molecule is CC(C(=O)Nc1ccc(F)cc1)n1c(-c2ccc(C(C)(C)C)cc2)nc2ccccc21. The first-order valence-electron chi connectivity index (χ1n) is 10.4. The Balaban J connectivity index is 1.74. The molecule has 1 atom stereocenters. The Morgan fingerprint density at radius 3 is 2.26 bits per heavy atom. The number of rotatable bonds is 4. The van der Waals surface area contributed by atoms with Crippen LogP contribution < -0.4 is 5.32 Å². The van der Waals surface area contributed by atoms with E-state index in [1.165, 1.54) is 17.7 Å². The van der Waals surface area contributed by atoms with Crippen LogP contribution >= 0.6 is 0 Å². The maximum atomic E-state index is 13.2. The maximum absolute atomic E-state index is 13.2. The van der Waals surface area contributed by atoms with Crippen molar-refractivity contribution in [2.45, 2.75) is 39.2 Å². The normalized spacial score (nSPS) is 12.7. The van der Waals surface area contributed by atoms with Gasteiger partial charge >= 0.3 is 0 Å². The van der Waals surface area contributed by atoms with Crippen LogP contribution in [0.15, 0.2) is 72.8 Å². The second-order valence-electron chi connectivity index (χ2n) is 8.79. The molecule has 0 radical (unpaired) electrons. The molecule has 0 saturated heterocycles. The lowest BCUT2D eigenvalue weighted by Crippen LogP contribution is -2.24. The molecule has 158 valence electrons. The Bertz CT molecular complexity index is 1220. The number of halogens is 1. The molecule has 1 N–H and O–H groups in total. The van der Waals surface area contributed by atoms with Crippen molar-refractivity contribution in [2.24, 2.45) is 0 Å². The van der Waals surface area contributed by atoms with Crippen LogP contribution in [0, 0.1) is 5.82 Å². The number of hydrogen-bond donors (Lipinski definition) is 1. The molecule has 0 fully saturated rings. The summed E-state index contributed by atoms with van der Waals surface area (Å²) in [4.78, 5) is 17.9. The van der Waals surface area contributed by atoms with E-state index >= 15 is 0 Å². The van der Waals surface area contributed by atoms with Gasteiger partial charge in [-0.1, -0.05) is 57.2 Å². The van der Waals surface area contributed by atoms with Crippen molar-refractivity contribution in [3.63, 3.8) is 0 Å². The predicted octanol–water partition coefficient (Wildman–Crippen LogP) is 6.34. The van der Waals surface area contributed by atoms with Crippen LogP contribution in [0.2, 0.25) is 0 Å². The average molecular weight is 416 g/mol. The number of aromatic nitrogens is 2. The number of carbonyl (C=O) groups excluding carboxylic acids is 1. The molecule has 4 nitrogen and oxygen atoms in total. The molecule has 0 aliphatic rings. The van der Waals surface area contributed by atoms with E-state index in [9.17, 15) is 9.18 Å². The highest BCUT2D eigenvalue weighted by molar-refractivity contribution is 5.95. The van der Waals surface area contributed by atoms with Crippen molar-refractivity contribution in [3.8, 4) is 11.4 Å². The first-order valence-corrected chi connectivity index (χ1v) is 10.4. The van der Waals surface area contributed by atoms with Gasteiger partial charge in [0.1, 0.15) is 17.7 Å². The summed E-state index contributed by atoms with van der Waals surface area (Å²) in [5.74, 6) is 0.207. The third kappa shape index (κ3) is 4.22. The average Bonchev–Trinajstić information content (AvgIpc) is 3.14. The number of carbonyl (C=O) groups is 1. The predicted molar refractivity (Wildman–Crippen MR) is 124 cm³/mol. The number of amides is 1. The number of anilines is 1. The Kier molecular flexibility index (Phi) is 5.36. The van der Waals surface area contributed by atoms with E-state index in [4.69, 9.17) is 4.98 Å². The van der Waals surface area contributed by atoms with Crippen LogP contribution in [0.5, 0.6) is 0 Å². The Labute approximate surface area is 181 Å². The van der Waals surface area contributed by atoms with Gasteiger partial charge in [-0.3, -0.25) is 4.79 Å². The summed E-state index contributed by atoms with van der Waals surface area (Å²) in [5, 5.41) is 2.88. The Hall–Kier alpha value is -3.47. The van der Waals surface area contributed by atoms with Gasteiger partial charge < -0.3 is 9.88 Å². The van der Waals surface area contributed by atoms with Crippen LogP contribution in [-0.4, -0.2) is 15.5 Å². The molecule has 4 rings (SSSR count).